The van der Waals surface area contributed by atoms with Gasteiger partial charge in [-0.25, -0.2) is 22.8 Å². The molecule has 3 aliphatic rings. The molecular formula is C35H46FN7O4S. The van der Waals surface area contributed by atoms with Crippen molar-refractivity contribution in [2.75, 3.05) is 53.7 Å². The van der Waals surface area contributed by atoms with Crippen LogP contribution in [0.1, 0.15) is 64.9 Å². The molecular weight excluding hydrogens is 633 g/mol. The van der Waals surface area contributed by atoms with E-state index in [9.17, 15) is 17.6 Å². The highest BCUT2D eigenvalue weighted by Crippen LogP contribution is 2.45. The van der Waals surface area contributed by atoms with E-state index in [4.69, 9.17) is 9.72 Å². The fourth-order valence-electron chi connectivity index (χ4n) is 7.46. The van der Waals surface area contributed by atoms with Crippen molar-refractivity contribution in [3.63, 3.8) is 0 Å². The van der Waals surface area contributed by atoms with Gasteiger partial charge in [0.2, 0.25) is 11.9 Å². The Hall–Kier alpha value is -3.84. The third kappa shape index (κ3) is 6.34. The number of hydrogen-bond donors (Lipinski definition) is 2. The molecule has 0 radical (unpaired) electrons. The molecule has 3 atom stereocenters. The summed E-state index contributed by atoms with van der Waals surface area (Å²) in [7, 11) is -1.73. The number of sulfone groups is 1. The van der Waals surface area contributed by atoms with Gasteiger partial charge in [0.1, 0.15) is 17.8 Å². The molecule has 0 bridgehead atoms. The van der Waals surface area contributed by atoms with Crippen molar-refractivity contribution in [2.45, 2.75) is 81.6 Å². The lowest BCUT2D eigenvalue weighted by atomic mass is 9.88. The number of piperidine rings is 1. The molecule has 48 heavy (non-hydrogen) atoms. The molecule has 13 heteroatoms. The Kier molecular flexibility index (Phi) is 9.38. The number of carbonyl (C=O) groups is 1. The van der Waals surface area contributed by atoms with E-state index in [0.29, 0.717) is 62.2 Å². The van der Waals surface area contributed by atoms with Crippen LogP contribution in [0.5, 0.6) is 0 Å². The maximum atomic E-state index is 14.6. The number of methoxy groups -OCH3 is 1. The second kappa shape index (κ2) is 13.2. The third-order valence-corrected chi connectivity index (χ3v) is 13.4. The first kappa shape index (κ1) is 34.0. The highest BCUT2D eigenvalue weighted by molar-refractivity contribution is 7.93. The Morgan fingerprint density at radius 1 is 1.12 bits per heavy atom. The summed E-state index contributed by atoms with van der Waals surface area (Å²) in [6.07, 6.45) is 5.98. The van der Waals surface area contributed by atoms with Crippen LogP contribution in [0.25, 0.3) is 10.8 Å². The highest BCUT2D eigenvalue weighted by Gasteiger charge is 2.49. The average molecular weight is 680 g/mol. The van der Waals surface area contributed by atoms with Gasteiger partial charge in [-0.2, -0.15) is 4.98 Å². The van der Waals surface area contributed by atoms with Crippen molar-refractivity contribution in [3.05, 3.63) is 48.8 Å². The number of anilines is 5. The molecule has 0 saturated carbocycles. The largest absolute Gasteiger partial charge is 0.378 e. The first-order valence-electron chi connectivity index (χ1n) is 16.7. The smallest absolute Gasteiger partial charge is 0.247 e. The molecule has 1 aromatic carbocycles. The molecule has 0 spiro atoms. The minimum Gasteiger partial charge on any atom is -0.378 e. The zero-order chi connectivity index (χ0) is 34.4. The van der Waals surface area contributed by atoms with Crippen LogP contribution in [-0.2, 0) is 19.4 Å². The number of nitrogens with zero attached hydrogens (tertiary/aromatic N) is 5. The summed E-state index contributed by atoms with van der Waals surface area (Å²) < 4.78 is 46.1. The summed E-state index contributed by atoms with van der Waals surface area (Å²) in [5, 5.41) is 7.77. The summed E-state index contributed by atoms with van der Waals surface area (Å²) in [6.45, 7) is 13.4. The van der Waals surface area contributed by atoms with Crippen LogP contribution < -0.4 is 20.4 Å². The molecule has 3 fully saturated rings. The van der Waals surface area contributed by atoms with Crippen LogP contribution >= 0.6 is 0 Å². The maximum Gasteiger partial charge on any atom is 0.247 e. The van der Waals surface area contributed by atoms with E-state index in [1.54, 1.807) is 12.3 Å². The number of halogens is 1. The minimum absolute atomic E-state index is 0.0365. The van der Waals surface area contributed by atoms with Crippen molar-refractivity contribution < 1.29 is 22.3 Å². The fraction of sp³-hybridized carbons (Fsp3) is 0.543. The van der Waals surface area contributed by atoms with Gasteiger partial charge in [0.15, 0.2) is 9.84 Å². The number of pyridine rings is 1. The van der Waals surface area contributed by atoms with E-state index in [1.807, 2.05) is 37.1 Å². The second-order valence-corrected chi connectivity index (χ2v) is 16.9. The van der Waals surface area contributed by atoms with Crippen molar-refractivity contribution >= 4 is 55.5 Å². The van der Waals surface area contributed by atoms with Crippen LogP contribution in [0.3, 0.4) is 0 Å². The molecule has 3 saturated heterocycles. The molecule has 11 nitrogen and oxygen atoms in total. The van der Waals surface area contributed by atoms with Crippen molar-refractivity contribution in [2.24, 2.45) is 5.92 Å². The monoisotopic (exact) mass is 679 g/mol. The van der Waals surface area contributed by atoms with E-state index in [0.717, 1.165) is 28.4 Å². The lowest BCUT2D eigenvalue weighted by molar-refractivity contribution is -0.111. The van der Waals surface area contributed by atoms with Crippen LogP contribution in [0.4, 0.5) is 33.3 Å². The standard InChI is InChI=1S/C35H46FN7O4S/c1-7-32(44)39-26-16-27(43-18-22(19-43)29-9-8-12-35(4,5)48(29,45)46)24-17-38-31(15-23(24)33(26)21(2)3)40-30-10-13-37-34(41-30)42-14-11-28(47-6)25(36)20-42/h7,10,13,15-17,21-22,25,28-29H,1,8-9,11-12,14,18-20H2,2-6H3,(H,39,44)(H,37,38,40,41)/t25-,28+,29?/m0/s1. The number of fused-ring (bicyclic) bond motifs is 1. The van der Waals surface area contributed by atoms with Crippen LogP contribution in [0.2, 0.25) is 0 Å². The summed E-state index contributed by atoms with van der Waals surface area (Å²) >= 11 is 0. The predicted octanol–water partition coefficient (Wildman–Crippen LogP) is 5.76. The Morgan fingerprint density at radius 2 is 1.90 bits per heavy atom. The molecule has 2 N–H and O–H groups in total. The Labute approximate surface area is 282 Å². The van der Waals surface area contributed by atoms with E-state index in [-0.39, 0.29) is 29.5 Å². The van der Waals surface area contributed by atoms with Crippen molar-refractivity contribution in [1.82, 2.24) is 15.0 Å². The number of benzene rings is 1. The van der Waals surface area contributed by atoms with Gasteiger partial charge in [0, 0.05) is 61.8 Å². The number of alkyl halides is 1. The van der Waals surface area contributed by atoms with Crippen molar-refractivity contribution in [1.29, 1.82) is 0 Å². The number of ether oxygens (including phenoxy) is 1. The van der Waals surface area contributed by atoms with Gasteiger partial charge in [-0.05, 0) is 74.3 Å². The normalized spacial score (nSPS) is 23.9. The van der Waals surface area contributed by atoms with Gasteiger partial charge >= 0.3 is 0 Å². The average Bonchev–Trinajstić information content (AvgIpc) is 3.02. The molecule has 0 aliphatic carbocycles. The van der Waals surface area contributed by atoms with E-state index in [2.05, 4.69) is 45.9 Å². The highest BCUT2D eigenvalue weighted by atomic mass is 32.2. The molecule has 1 unspecified atom stereocenters. The summed E-state index contributed by atoms with van der Waals surface area (Å²) in [6, 6.07) is 5.66. The number of hydrogen-bond acceptors (Lipinski definition) is 10. The summed E-state index contributed by atoms with van der Waals surface area (Å²) in [5.74, 6) is 1.25. The predicted molar refractivity (Wildman–Crippen MR) is 189 cm³/mol. The van der Waals surface area contributed by atoms with Gasteiger partial charge in [0.25, 0.3) is 0 Å². The van der Waals surface area contributed by atoms with Crippen LogP contribution in [-0.4, -0.2) is 84.8 Å². The van der Waals surface area contributed by atoms with E-state index >= 15 is 0 Å². The maximum absolute atomic E-state index is 14.6. The molecule has 5 heterocycles. The molecule has 258 valence electrons. The number of nitrogens with one attached hydrogen (secondary N) is 2. The lowest BCUT2D eigenvalue weighted by Gasteiger charge is -2.48. The molecule has 2 aromatic heterocycles. The molecule has 3 aliphatic heterocycles. The minimum atomic E-state index is -3.26. The van der Waals surface area contributed by atoms with Gasteiger partial charge in [-0.1, -0.05) is 26.8 Å². The Bertz CT molecular complexity index is 1810. The van der Waals surface area contributed by atoms with Gasteiger partial charge in [0.05, 0.1) is 22.6 Å². The Morgan fingerprint density at radius 3 is 2.58 bits per heavy atom. The first-order valence-corrected chi connectivity index (χ1v) is 18.3. The number of aromatic nitrogens is 3. The van der Waals surface area contributed by atoms with E-state index < -0.39 is 26.9 Å². The van der Waals surface area contributed by atoms with Gasteiger partial charge in [-0.15, -0.1) is 0 Å². The third-order valence-electron chi connectivity index (χ3n) is 10.2. The van der Waals surface area contributed by atoms with Crippen molar-refractivity contribution in [3.8, 4) is 0 Å². The second-order valence-electron chi connectivity index (χ2n) is 14.1. The van der Waals surface area contributed by atoms with Crippen LogP contribution in [0, 0.1) is 5.92 Å². The molecule has 1 amide bonds. The quantitative estimate of drug-likeness (QED) is 0.269. The van der Waals surface area contributed by atoms with Crippen LogP contribution in [0.15, 0.2) is 43.2 Å². The summed E-state index contributed by atoms with van der Waals surface area (Å²) in [4.78, 5) is 30.4. The Balaban J connectivity index is 1.32. The van der Waals surface area contributed by atoms with Gasteiger partial charge < -0.3 is 25.2 Å². The number of carbonyl (C=O) groups excluding carboxylic acids is 1. The molecule has 3 aromatic rings. The first-order chi connectivity index (χ1) is 22.8. The topological polar surface area (TPSA) is 130 Å². The van der Waals surface area contributed by atoms with Gasteiger partial charge in [-0.3, -0.25) is 4.79 Å². The zero-order valence-corrected chi connectivity index (χ0v) is 29.2. The summed E-state index contributed by atoms with van der Waals surface area (Å²) in [5.41, 5.74) is 2.51. The lowest BCUT2D eigenvalue weighted by Crippen LogP contribution is -2.58. The zero-order valence-electron chi connectivity index (χ0n) is 28.4. The van der Waals surface area contributed by atoms with E-state index in [1.165, 1.54) is 13.2 Å². The molecule has 6 rings (SSSR count). The number of amides is 1. The number of rotatable bonds is 9. The fourth-order valence-corrected chi connectivity index (χ4v) is 9.86. The SMILES string of the molecule is C=CC(=O)Nc1cc(N2CC(C3CCCC(C)(C)S3(=O)=O)C2)c2cnc(Nc3ccnc(N4CC[C@@H](OC)[C@@H](F)C4)n3)cc2c1C(C)C.